The van der Waals surface area contributed by atoms with E-state index in [4.69, 9.17) is 10.5 Å². The zero-order valence-electron chi connectivity index (χ0n) is 23.7. The number of carbonyl (C=O) groups is 2. The minimum atomic E-state index is -2.44. The molecule has 2 amide bonds. The fraction of sp³-hybridized carbons (Fsp3) is 0.355. The first-order valence-electron chi connectivity index (χ1n) is 14.1. The Labute approximate surface area is 261 Å². The number of benzene rings is 3. The van der Waals surface area contributed by atoms with Gasteiger partial charge in [0.05, 0.1) is 6.61 Å². The Bertz CT molecular complexity index is 1650. The molecule has 6 rings (SSSR count). The van der Waals surface area contributed by atoms with Crippen molar-refractivity contribution in [1.29, 1.82) is 0 Å². The maximum atomic E-state index is 14.3. The molecule has 3 aromatic carbocycles. The number of fused-ring (bicyclic) bond motifs is 1. The van der Waals surface area contributed by atoms with Crippen LogP contribution < -0.4 is 16.0 Å². The van der Waals surface area contributed by atoms with Crippen molar-refractivity contribution in [2.45, 2.75) is 56.3 Å². The van der Waals surface area contributed by atoms with Crippen LogP contribution in [0.1, 0.15) is 41.2 Å². The summed E-state index contributed by atoms with van der Waals surface area (Å²) in [6.45, 7) is 0.736. The Hall–Kier alpha value is -3.62. The summed E-state index contributed by atoms with van der Waals surface area (Å²) in [5, 5.41) is 13.2. The molecule has 4 atom stereocenters. The predicted molar refractivity (Wildman–Crippen MR) is 154 cm³/mol. The van der Waals surface area contributed by atoms with Crippen LogP contribution in [-0.4, -0.2) is 52.7 Å². The molecular weight excluding hydrogens is 623 g/mol. The van der Waals surface area contributed by atoms with Crippen LogP contribution >= 0.6 is 12.4 Å². The lowest BCUT2D eigenvalue weighted by atomic mass is 9.93. The minimum Gasteiger partial charge on any atom is -0.372 e. The first kappa shape index (κ1) is 32.8. The largest absolute Gasteiger partial charge is 0.372 e. The molecule has 45 heavy (non-hydrogen) atoms. The standard InChI is InChI=1S/C31H29F5N4O4.ClH/c32-19-2-4-24(34)23(9-19)28-26(37)11-22(15-44-28)39-13-16-1-3-21(8-18(16)14-39)40-6-5-31(43,30(40)42)29(41)38-12-17-7-20(33)10-25(35)27(17)36;/h1-4,7-10,22,26,28,43H,5-6,11-15,37H2,(H,38,41);1H/t22-,26+,28-,31?;/m1./s1. The van der Waals surface area contributed by atoms with Crippen molar-refractivity contribution >= 4 is 29.9 Å². The summed E-state index contributed by atoms with van der Waals surface area (Å²) < 4.78 is 74.9. The van der Waals surface area contributed by atoms with Gasteiger partial charge in [0, 0.05) is 67.6 Å². The number of hydrogen-bond donors (Lipinski definition) is 3. The fourth-order valence-electron chi connectivity index (χ4n) is 6.21. The first-order valence-corrected chi connectivity index (χ1v) is 14.1. The second-order valence-electron chi connectivity index (χ2n) is 11.4. The highest BCUT2D eigenvalue weighted by Crippen LogP contribution is 2.36. The number of ether oxygens (including phenoxy) is 1. The van der Waals surface area contributed by atoms with Gasteiger partial charge in [0.2, 0.25) is 5.60 Å². The van der Waals surface area contributed by atoms with E-state index < -0.39 is 70.8 Å². The normalized spacial score (nSPS) is 24.8. The Morgan fingerprint density at radius 3 is 2.51 bits per heavy atom. The van der Waals surface area contributed by atoms with E-state index in [9.17, 15) is 36.6 Å². The average Bonchev–Trinajstić information content (AvgIpc) is 3.56. The number of anilines is 1. The minimum absolute atomic E-state index is 0. The molecule has 3 aliphatic heterocycles. The molecule has 14 heteroatoms. The zero-order chi connectivity index (χ0) is 31.3. The molecule has 0 aromatic heterocycles. The summed E-state index contributed by atoms with van der Waals surface area (Å²) in [7, 11) is 0. The van der Waals surface area contributed by atoms with Gasteiger partial charge in [0.15, 0.2) is 11.6 Å². The molecule has 1 unspecified atom stereocenters. The van der Waals surface area contributed by atoms with E-state index in [1.165, 1.54) is 4.90 Å². The topological polar surface area (TPSA) is 108 Å². The maximum absolute atomic E-state index is 14.3. The molecule has 3 aromatic rings. The van der Waals surface area contributed by atoms with Gasteiger partial charge in [-0.1, -0.05) is 6.07 Å². The molecular formula is C31H30ClF5N4O4. The molecule has 2 fully saturated rings. The number of nitrogens with two attached hydrogens (primary N) is 1. The third kappa shape index (κ3) is 6.15. The monoisotopic (exact) mass is 652 g/mol. The second-order valence-corrected chi connectivity index (χ2v) is 11.4. The predicted octanol–water partition coefficient (Wildman–Crippen LogP) is 3.76. The number of hydrogen-bond acceptors (Lipinski definition) is 6. The van der Waals surface area contributed by atoms with Gasteiger partial charge in [-0.2, -0.15) is 0 Å². The number of rotatable bonds is 6. The molecule has 3 heterocycles. The summed E-state index contributed by atoms with van der Waals surface area (Å²) >= 11 is 0. The molecule has 2 saturated heterocycles. The summed E-state index contributed by atoms with van der Waals surface area (Å²) in [4.78, 5) is 29.5. The van der Waals surface area contributed by atoms with Crippen LogP contribution in [0, 0.1) is 29.1 Å². The molecule has 4 N–H and O–H groups in total. The lowest BCUT2D eigenvalue weighted by Crippen LogP contribution is -2.52. The van der Waals surface area contributed by atoms with Gasteiger partial charge in [-0.25, -0.2) is 22.0 Å². The van der Waals surface area contributed by atoms with E-state index in [2.05, 4.69) is 10.2 Å². The molecule has 3 aliphatic rings. The number of nitrogens with zero attached hydrogens (tertiary/aromatic N) is 2. The van der Waals surface area contributed by atoms with Crippen molar-refractivity contribution < 1.29 is 41.4 Å². The van der Waals surface area contributed by atoms with Gasteiger partial charge in [-0.05, 0) is 53.9 Å². The highest BCUT2D eigenvalue weighted by molar-refractivity contribution is 6.16. The van der Waals surface area contributed by atoms with Crippen LogP contribution in [0.4, 0.5) is 27.6 Å². The molecule has 0 saturated carbocycles. The van der Waals surface area contributed by atoms with Crippen LogP contribution in [0.3, 0.4) is 0 Å². The summed E-state index contributed by atoms with van der Waals surface area (Å²) in [5.41, 5.74) is 5.92. The van der Waals surface area contributed by atoms with Crippen molar-refractivity contribution in [3.8, 4) is 0 Å². The number of carbonyl (C=O) groups excluding carboxylic acids is 2. The average molecular weight is 653 g/mol. The number of aliphatic hydroxyl groups is 1. The lowest BCUT2D eigenvalue weighted by molar-refractivity contribution is -0.149. The highest BCUT2D eigenvalue weighted by atomic mass is 35.5. The van der Waals surface area contributed by atoms with Gasteiger partial charge < -0.3 is 25.8 Å². The van der Waals surface area contributed by atoms with Crippen molar-refractivity contribution in [3.05, 3.63) is 99.9 Å². The van der Waals surface area contributed by atoms with Crippen molar-refractivity contribution in [3.63, 3.8) is 0 Å². The van der Waals surface area contributed by atoms with Crippen LogP contribution in [0.25, 0.3) is 0 Å². The lowest BCUT2D eigenvalue weighted by Gasteiger charge is -2.38. The molecule has 240 valence electrons. The van der Waals surface area contributed by atoms with E-state index in [1.807, 2.05) is 6.07 Å². The van der Waals surface area contributed by atoms with Crippen LogP contribution in [0.2, 0.25) is 0 Å². The van der Waals surface area contributed by atoms with Gasteiger partial charge in [-0.15, -0.1) is 12.4 Å². The van der Waals surface area contributed by atoms with E-state index in [-0.39, 0.29) is 43.6 Å². The molecule has 0 bridgehead atoms. The smallest absolute Gasteiger partial charge is 0.268 e. The number of nitrogens with one attached hydrogen (secondary N) is 1. The van der Waals surface area contributed by atoms with Crippen LogP contribution in [0.5, 0.6) is 0 Å². The Morgan fingerprint density at radius 1 is 1.00 bits per heavy atom. The van der Waals surface area contributed by atoms with E-state index in [0.717, 1.165) is 35.4 Å². The second kappa shape index (κ2) is 12.6. The Balaban J connectivity index is 0.00000400. The summed E-state index contributed by atoms with van der Waals surface area (Å²) in [5.74, 6) is -6.93. The molecule has 0 aliphatic carbocycles. The van der Waals surface area contributed by atoms with E-state index in [1.54, 1.807) is 12.1 Å². The van der Waals surface area contributed by atoms with E-state index in [0.29, 0.717) is 31.3 Å². The molecule has 0 radical (unpaired) electrons. The number of amides is 2. The van der Waals surface area contributed by atoms with Gasteiger partial charge in [0.25, 0.3) is 11.8 Å². The first-order chi connectivity index (χ1) is 20.9. The van der Waals surface area contributed by atoms with Crippen LogP contribution in [-0.2, 0) is 34.0 Å². The SMILES string of the molecule is Cl.N[C@H]1C[C@@H](N2Cc3ccc(N4CCC(O)(C(=O)NCc5cc(F)cc(F)c5F)C4=O)cc3C2)CO[C@@H]1c1cc(F)ccc1F. The van der Waals surface area contributed by atoms with Crippen molar-refractivity contribution in [2.75, 3.05) is 18.1 Å². The zero-order valence-corrected chi connectivity index (χ0v) is 24.6. The van der Waals surface area contributed by atoms with Gasteiger partial charge in [-0.3, -0.25) is 14.5 Å². The third-order valence-corrected chi connectivity index (χ3v) is 8.61. The fourth-order valence-corrected chi connectivity index (χ4v) is 6.21. The number of halogens is 6. The Kier molecular flexibility index (Phi) is 9.20. The third-order valence-electron chi connectivity index (χ3n) is 8.61. The van der Waals surface area contributed by atoms with Crippen molar-refractivity contribution in [2.24, 2.45) is 5.73 Å². The molecule has 0 spiro atoms. The Morgan fingerprint density at radius 2 is 1.76 bits per heavy atom. The van der Waals surface area contributed by atoms with E-state index >= 15 is 0 Å². The van der Waals surface area contributed by atoms with Gasteiger partial charge >= 0.3 is 0 Å². The van der Waals surface area contributed by atoms with Crippen molar-refractivity contribution in [1.82, 2.24) is 10.2 Å². The summed E-state index contributed by atoms with van der Waals surface area (Å²) in [6, 6.07) is 8.99. The summed E-state index contributed by atoms with van der Waals surface area (Å²) in [6.07, 6.45) is -0.532. The van der Waals surface area contributed by atoms with Crippen LogP contribution in [0.15, 0.2) is 48.5 Å². The quantitative estimate of drug-likeness (QED) is 0.213. The highest BCUT2D eigenvalue weighted by Gasteiger charge is 2.52. The van der Waals surface area contributed by atoms with Gasteiger partial charge in [0.1, 0.15) is 23.6 Å². The molecule has 8 nitrogen and oxygen atoms in total. The maximum Gasteiger partial charge on any atom is 0.268 e.